The SMILES string of the molecule is CC(=O)SC(=Cc1cc(C)n(-c2ccc([N+](=O)[O-])cc2)c1C)C(=O)Oc1ccc(Cl)cc1. The number of ether oxygens (including phenoxy) is 1. The fraction of sp³-hybridized carbons (Fsp3) is 0.130. The van der Waals surface area contributed by atoms with Crippen LogP contribution in [0.1, 0.15) is 23.9 Å². The molecule has 0 atom stereocenters. The van der Waals surface area contributed by atoms with Crippen LogP contribution < -0.4 is 4.74 Å². The Balaban J connectivity index is 1.96. The Labute approximate surface area is 193 Å². The Morgan fingerprint density at radius 3 is 2.28 bits per heavy atom. The second kappa shape index (κ2) is 9.84. The van der Waals surface area contributed by atoms with Gasteiger partial charge < -0.3 is 9.30 Å². The van der Waals surface area contributed by atoms with Crippen LogP contribution in [-0.4, -0.2) is 20.6 Å². The van der Waals surface area contributed by atoms with Gasteiger partial charge in [0.25, 0.3) is 5.69 Å². The first-order chi connectivity index (χ1) is 15.2. The van der Waals surface area contributed by atoms with Crippen molar-refractivity contribution in [1.29, 1.82) is 0 Å². The van der Waals surface area contributed by atoms with Gasteiger partial charge in [0.05, 0.1) is 4.92 Å². The van der Waals surface area contributed by atoms with Crippen molar-refractivity contribution in [3.63, 3.8) is 0 Å². The number of non-ortho nitro benzene ring substituents is 1. The van der Waals surface area contributed by atoms with Gasteiger partial charge in [-0.2, -0.15) is 0 Å². The summed E-state index contributed by atoms with van der Waals surface area (Å²) in [5, 5.41) is 11.2. The third kappa shape index (κ3) is 5.46. The van der Waals surface area contributed by atoms with E-state index in [1.165, 1.54) is 19.1 Å². The highest BCUT2D eigenvalue weighted by Gasteiger charge is 2.18. The molecule has 0 spiro atoms. The fourth-order valence-corrected chi connectivity index (χ4v) is 3.89. The number of thioether (sulfide) groups is 1. The van der Waals surface area contributed by atoms with Gasteiger partial charge in [-0.05, 0) is 79.7 Å². The standard InChI is InChI=1S/C23H19ClN2O5S/c1-14-12-17(15(2)25(14)19-6-8-20(9-7-19)26(29)30)13-22(32-16(3)27)23(28)31-21-10-4-18(24)5-11-21/h4-13H,1-3H3. The molecular weight excluding hydrogens is 452 g/mol. The summed E-state index contributed by atoms with van der Waals surface area (Å²) in [5.74, 6) is -0.349. The average Bonchev–Trinajstić information content (AvgIpc) is 3.02. The van der Waals surface area contributed by atoms with E-state index in [2.05, 4.69) is 0 Å². The number of aryl methyl sites for hydroxylation is 1. The van der Waals surface area contributed by atoms with Crippen LogP contribution in [0.5, 0.6) is 5.75 Å². The van der Waals surface area contributed by atoms with Gasteiger partial charge in [0.1, 0.15) is 10.7 Å². The third-order valence-corrected chi connectivity index (χ3v) is 5.60. The van der Waals surface area contributed by atoms with Gasteiger partial charge in [-0.1, -0.05) is 11.6 Å². The van der Waals surface area contributed by atoms with E-state index in [9.17, 15) is 19.7 Å². The zero-order chi connectivity index (χ0) is 23.4. The summed E-state index contributed by atoms with van der Waals surface area (Å²) in [4.78, 5) is 35.1. The number of aromatic nitrogens is 1. The van der Waals surface area contributed by atoms with Crippen LogP contribution in [0.2, 0.25) is 5.02 Å². The number of benzene rings is 2. The number of hydrogen-bond donors (Lipinski definition) is 0. The van der Waals surface area contributed by atoms with Crippen LogP contribution in [0.4, 0.5) is 5.69 Å². The highest BCUT2D eigenvalue weighted by Crippen LogP contribution is 2.28. The molecule has 3 rings (SSSR count). The average molecular weight is 471 g/mol. The lowest BCUT2D eigenvalue weighted by Crippen LogP contribution is -2.10. The largest absolute Gasteiger partial charge is 0.423 e. The summed E-state index contributed by atoms with van der Waals surface area (Å²) < 4.78 is 7.31. The van der Waals surface area contributed by atoms with E-state index in [-0.39, 0.29) is 15.7 Å². The van der Waals surface area contributed by atoms with Gasteiger partial charge in [-0.3, -0.25) is 14.9 Å². The van der Waals surface area contributed by atoms with Crippen molar-refractivity contribution < 1.29 is 19.2 Å². The first-order valence-electron chi connectivity index (χ1n) is 9.47. The summed E-state index contributed by atoms with van der Waals surface area (Å²) in [6.07, 6.45) is 1.61. The van der Waals surface area contributed by atoms with Crippen molar-refractivity contribution in [3.8, 4) is 11.4 Å². The van der Waals surface area contributed by atoms with Crippen molar-refractivity contribution in [1.82, 2.24) is 4.57 Å². The monoisotopic (exact) mass is 470 g/mol. The molecule has 0 aliphatic heterocycles. The van der Waals surface area contributed by atoms with Crippen LogP contribution in [-0.2, 0) is 9.59 Å². The Bertz CT molecular complexity index is 1210. The lowest BCUT2D eigenvalue weighted by atomic mass is 10.2. The lowest BCUT2D eigenvalue weighted by Gasteiger charge is -2.10. The molecule has 3 aromatic rings. The molecule has 0 bridgehead atoms. The van der Waals surface area contributed by atoms with Crippen LogP contribution >= 0.6 is 23.4 Å². The molecule has 164 valence electrons. The van der Waals surface area contributed by atoms with Gasteiger partial charge >= 0.3 is 5.97 Å². The molecule has 1 aromatic heterocycles. The van der Waals surface area contributed by atoms with E-state index in [0.29, 0.717) is 10.8 Å². The van der Waals surface area contributed by atoms with E-state index < -0.39 is 10.9 Å². The number of halogens is 1. The Hall–Kier alpha value is -3.36. The minimum Gasteiger partial charge on any atom is -0.423 e. The van der Waals surface area contributed by atoms with Crippen molar-refractivity contribution in [2.75, 3.05) is 0 Å². The van der Waals surface area contributed by atoms with Crippen molar-refractivity contribution in [3.05, 3.63) is 91.6 Å². The van der Waals surface area contributed by atoms with E-state index in [4.69, 9.17) is 16.3 Å². The van der Waals surface area contributed by atoms with Crippen molar-refractivity contribution in [2.24, 2.45) is 0 Å². The quantitative estimate of drug-likeness (QED) is 0.147. The second-order valence-electron chi connectivity index (χ2n) is 6.88. The molecule has 0 N–H and O–H groups in total. The molecule has 1 heterocycles. The van der Waals surface area contributed by atoms with E-state index in [0.717, 1.165) is 34.4 Å². The molecule has 0 unspecified atom stereocenters. The first kappa shape index (κ1) is 23.3. The summed E-state index contributed by atoms with van der Waals surface area (Å²) >= 11 is 6.65. The molecule has 0 aliphatic carbocycles. The molecule has 0 fully saturated rings. The maximum absolute atomic E-state index is 12.7. The number of nitro groups is 1. The van der Waals surface area contributed by atoms with Crippen molar-refractivity contribution >= 4 is 46.2 Å². The summed E-state index contributed by atoms with van der Waals surface area (Å²) in [5.41, 5.74) is 3.13. The molecule has 9 heteroatoms. The number of esters is 1. The Morgan fingerprint density at radius 2 is 1.72 bits per heavy atom. The van der Waals surface area contributed by atoms with E-state index in [1.54, 1.807) is 42.5 Å². The topological polar surface area (TPSA) is 91.4 Å². The lowest BCUT2D eigenvalue weighted by molar-refractivity contribution is -0.384. The van der Waals surface area contributed by atoms with Gasteiger partial charge in [0.15, 0.2) is 5.12 Å². The minimum atomic E-state index is -0.660. The van der Waals surface area contributed by atoms with Crippen LogP contribution in [0, 0.1) is 24.0 Å². The minimum absolute atomic E-state index is 0.00132. The predicted octanol–water partition coefficient (Wildman–Crippen LogP) is 5.88. The van der Waals surface area contributed by atoms with Crippen LogP contribution in [0.3, 0.4) is 0 Å². The highest BCUT2D eigenvalue weighted by molar-refractivity contribution is 8.17. The predicted molar refractivity (Wildman–Crippen MR) is 125 cm³/mol. The molecule has 0 amide bonds. The van der Waals surface area contributed by atoms with Crippen LogP contribution in [0.15, 0.2) is 59.5 Å². The maximum Gasteiger partial charge on any atom is 0.350 e. The zero-order valence-electron chi connectivity index (χ0n) is 17.5. The number of nitrogens with zero attached hydrogens (tertiary/aromatic N) is 2. The number of rotatable bonds is 6. The number of carbonyl (C=O) groups excluding carboxylic acids is 2. The van der Waals surface area contributed by atoms with E-state index >= 15 is 0 Å². The fourth-order valence-electron chi connectivity index (χ4n) is 3.14. The van der Waals surface area contributed by atoms with Gasteiger partial charge in [-0.25, -0.2) is 4.79 Å². The molecule has 0 aliphatic rings. The smallest absolute Gasteiger partial charge is 0.350 e. The summed E-state index contributed by atoms with van der Waals surface area (Å²) in [6, 6.07) is 14.4. The molecule has 2 aromatic carbocycles. The molecular formula is C23H19ClN2O5S. The third-order valence-electron chi connectivity index (χ3n) is 4.55. The number of hydrogen-bond acceptors (Lipinski definition) is 6. The molecule has 7 nitrogen and oxygen atoms in total. The highest BCUT2D eigenvalue weighted by atomic mass is 35.5. The maximum atomic E-state index is 12.7. The van der Waals surface area contributed by atoms with Crippen molar-refractivity contribution in [2.45, 2.75) is 20.8 Å². The van der Waals surface area contributed by atoms with Gasteiger partial charge in [0.2, 0.25) is 0 Å². The molecule has 0 saturated carbocycles. The summed E-state index contributed by atoms with van der Waals surface area (Å²) in [6.45, 7) is 5.12. The molecule has 32 heavy (non-hydrogen) atoms. The van der Waals surface area contributed by atoms with Crippen LogP contribution in [0.25, 0.3) is 11.8 Å². The zero-order valence-corrected chi connectivity index (χ0v) is 19.1. The first-order valence-corrected chi connectivity index (χ1v) is 10.7. The van der Waals surface area contributed by atoms with E-state index in [1.807, 2.05) is 24.5 Å². The Kier molecular flexibility index (Phi) is 7.17. The summed E-state index contributed by atoms with van der Waals surface area (Å²) in [7, 11) is 0. The number of nitro benzene ring substituents is 1. The normalized spacial score (nSPS) is 11.3. The Morgan fingerprint density at radius 1 is 1.09 bits per heavy atom. The molecule has 0 saturated heterocycles. The number of carbonyl (C=O) groups is 2. The second-order valence-corrected chi connectivity index (χ2v) is 8.54. The molecule has 0 radical (unpaired) electrons. The van der Waals surface area contributed by atoms with Gasteiger partial charge in [-0.15, -0.1) is 0 Å². The van der Waals surface area contributed by atoms with Gasteiger partial charge in [0, 0.05) is 41.2 Å².